The van der Waals surface area contributed by atoms with Crippen LogP contribution in [0.3, 0.4) is 0 Å². The Morgan fingerprint density at radius 1 is 1.55 bits per heavy atom. The first-order valence-corrected chi connectivity index (χ1v) is 3.81. The third-order valence-corrected chi connectivity index (χ3v) is 1.78. The summed E-state index contributed by atoms with van der Waals surface area (Å²) in [5.41, 5.74) is 0.972. The minimum atomic E-state index is -0.0753. The van der Waals surface area contributed by atoms with Gasteiger partial charge in [-0.25, -0.2) is 0 Å². The first kappa shape index (κ1) is 8.57. The Morgan fingerprint density at radius 2 is 2.27 bits per heavy atom. The van der Waals surface area contributed by atoms with Crippen LogP contribution in [0, 0.1) is 6.92 Å². The minimum Gasteiger partial charge on any atom is -0.396 e. The van der Waals surface area contributed by atoms with Gasteiger partial charge >= 0.3 is 0 Å². The molecule has 1 atom stereocenters. The zero-order valence-corrected chi connectivity index (χ0v) is 6.88. The maximum absolute atomic E-state index is 8.77. The summed E-state index contributed by atoms with van der Waals surface area (Å²) in [7, 11) is 0. The van der Waals surface area contributed by atoms with Crippen molar-refractivity contribution < 1.29 is 5.11 Å². The average molecular weight is 170 g/mol. The van der Waals surface area contributed by atoms with Gasteiger partial charge in [0.15, 0.2) is 0 Å². The Labute approximate surface area is 71.6 Å². The molecule has 0 aliphatic rings. The van der Waals surface area contributed by atoms with Gasteiger partial charge in [-0.2, -0.15) is 0 Å². The van der Waals surface area contributed by atoms with E-state index in [0.717, 1.165) is 5.56 Å². The van der Waals surface area contributed by atoms with Crippen LogP contribution in [0.1, 0.15) is 11.5 Å². The molecule has 0 heterocycles. The number of aliphatic hydroxyl groups is 1. The van der Waals surface area contributed by atoms with Crippen molar-refractivity contribution >= 4 is 11.6 Å². The molecular formula is C9H10ClO. The Balaban J connectivity index is 2.86. The maximum Gasteiger partial charge on any atom is 0.0499 e. The summed E-state index contributed by atoms with van der Waals surface area (Å²) in [6, 6.07) is 7.37. The first-order valence-electron chi connectivity index (χ1n) is 3.43. The predicted molar refractivity (Wildman–Crippen MR) is 46.6 cm³/mol. The second-order valence-corrected chi connectivity index (χ2v) is 2.87. The molecule has 0 aliphatic heterocycles. The van der Waals surface area contributed by atoms with Crippen LogP contribution in [0.4, 0.5) is 0 Å². The van der Waals surface area contributed by atoms with Crippen LogP contribution in [0.15, 0.2) is 24.3 Å². The van der Waals surface area contributed by atoms with E-state index in [-0.39, 0.29) is 12.5 Å². The van der Waals surface area contributed by atoms with Gasteiger partial charge in [0, 0.05) is 17.5 Å². The van der Waals surface area contributed by atoms with E-state index in [1.54, 1.807) is 6.07 Å². The van der Waals surface area contributed by atoms with Crippen LogP contribution in [0.25, 0.3) is 0 Å². The summed E-state index contributed by atoms with van der Waals surface area (Å²) in [6.07, 6.45) is 0. The Kier molecular flexibility index (Phi) is 2.92. The standard InChI is InChI=1S/C9H10ClO/c1-7(6-11)8-3-2-4-9(10)5-8/h2-5,7,11H,1,6H2. The van der Waals surface area contributed by atoms with Crippen molar-refractivity contribution in [3.63, 3.8) is 0 Å². The molecule has 1 unspecified atom stereocenters. The highest BCUT2D eigenvalue weighted by atomic mass is 35.5. The van der Waals surface area contributed by atoms with E-state index < -0.39 is 0 Å². The van der Waals surface area contributed by atoms with Gasteiger partial charge in [-0.3, -0.25) is 0 Å². The van der Waals surface area contributed by atoms with Crippen LogP contribution in [0.2, 0.25) is 5.02 Å². The molecule has 0 amide bonds. The molecule has 0 aliphatic carbocycles. The normalized spacial score (nSPS) is 13.0. The van der Waals surface area contributed by atoms with E-state index in [0.29, 0.717) is 5.02 Å². The molecule has 0 saturated heterocycles. The largest absolute Gasteiger partial charge is 0.396 e. The zero-order chi connectivity index (χ0) is 8.27. The Hall–Kier alpha value is -0.530. The van der Waals surface area contributed by atoms with Gasteiger partial charge in [-0.15, -0.1) is 0 Å². The highest BCUT2D eigenvalue weighted by Gasteiger charge is 2.02. The first-order chi connectivity index (χ1) is 5.24. The summed E-state index contributed by atoms with van der Waals surface area (Å²) >= 11 is 5.74. The molecular weight excluding hydrogens is 160 g/mol. The molecule has 1 rings (SSSR count). The lowest BCUT2D eigenvalue weighted by molar-refractivity contribution is 0.282. The summed E-state index contributed by atoms with van der Waals surface area (Å²) in [5.74, 6) is -0.0753. The molecule has 1 radical (unpaired) electrons. The molecule has 1 nitrogen and oxygen atoms in total. The second kappa shape index (κ2) is 3.74. The lowest BCUT2D eigenvalue weighted by Crippen LogP contribution is -1.98. The quantitative estimate of drug-likeness (QED) is 0.720. The highest BCUT2D eigenvalue weighted by molar-refractivity contribution is 6.30. The number of rotatable bonds is 2. The molecule has 0 spiro atoms. The minimum absolute atomic E-state index is 0.0559. The monoisotopic (exact) mass is 169 g/mol. The van der Waals surface area contributed by atoms with Gasteiger partial charge in [0.25, 0.3) is 0 Å². The van der Waals surface area contributed by atoms with Crippen molar-refractivity contribution in [2.24, 2.45) is 0 Å². The van der Waals surface area contributed by atoms with Gasteiger partial charge in [0.05, 0.1) is 0 Å². The van der Waals surface area contributed by atoms with Crippen molar-refractivity contribution in [1.82, 2.24) is 0 Å². The van der Waals surface area contributed by atoms with Gasteiger partial charge < -0.3 is 5.11 Å². The topological polar surface area (TPSA) is 20.2 Å². The number of benzene rings is 1. The third kappa shape index (κ3) is 2.21. The lowest BCUT2D eigenvalue weighted by atomic mass is 10.0. The Bertz CT molecular complexity index is 235. The summed E-state index contributed by atoms with van der Waals surface area (Å²) in [4.78, 5) is 0. The summed E-state index contributed by atoms with van der Waals surface area (Å²) in [5, 5.41) is 9.46. The smallest absolute Gasteiger partial charge is 0.0499 e. The van der Waals surface area contributed by atoms with Crippen molar-refractivity contribution in [2.45, 2.75) is 5.92 Å². The summed E-state index contributed by atoms with van der Waals surface area (Å²) in [6.45, 7) is 3.82. The van der Waals surface area contributed by atoms with E-state index >= 15 is 0 Å². The predicted octanol–water partition coefficient (Wildman–Crippen LogP) is 2.25. The van der Waals surface area contributed by atoms with Gasteiger partial charge in [0.1, 0.15) is 0 Å². The van der Waals surface area contributed by atoms with Crippen LogP contribution < -0.4 is 0 Å². The van der Waals surface area contributed by atoms with Gasteiger partial charge in [-0.1, -0.05) is 23.7 Å². The van der Waals surface area contributed by atoms with Crippen LogP contribution >= 0.6 is 11.6 Å². The summed E-state index contributed by atoms with van der Waals surface area (Å²) < 4.78 is 0. The molecule has 2 heteroatoms. The number of hydrogen-bond donors (Lipinski definition) is 1. The maximum atomic E-state index is 8.77. The van der Waals surface area contributed by atoms with Gasteiger partial charge in [-0.05, 0) is 24.6 Å². The average Bonchev–Trinajstić information content (AvgIpc) is 2.03. The zero-order valence-electron chi connectivity index (χ0n) is 6.13. The number of aliphatic hydroxyl groups excluding tert-OH is 1. The van der Waals surface area contributed by atoms with E-state index in [4.69, 9.17) is 16.7 Å². The number of hydrogen-bond acceptors (Lipinski definition) is 1. The molecule has 0 aromatic heterocycles. The van der Waals surface area contributed by atoms with E-state index in [1.807, 2.05) is 18.2 Å². The Morgan fingerprint density at radius 3 is 2.82 bits per heavy atom. The molecule has 11 heavy (non-hydrogen) atoms. The van der Waals surface area contributed by atoms with Crippen molar-refractivity contribution in [3.8, 4) is 0 Å². The van der Waals surface area contributed by atoms with Crippen molar-refractivity contribution in [2.75, 3.05) is 6.61 Å². The van der Waals surface area contributed by atoms with E-state index in [9.17, 15) is 0 Å². The molecule has 0 bridgehead atoms. The molecule has 0 fully saturated rings. The van der Waals surface area contributed by atoms with Crippen LogP contribution in [-0.4, -0.2) is 11.7 Å². The fourth-order valence-electron chi connectivity index (χ4n) is 0.866. The molecule has 1 N–H and O–H groups in total. The molecule has 1 aromatic carbocycles. The van der Waals surface area contributed by atoms with Crippen LogP contribution in [-0.2, 0) is 0 Å². The van der Waals surface area contributed by atoms with Crippen LogP contribution in [0.5, 0.6) is 0 Å². The highest BCUT2D eigenvalue weighted by Crippen LogP contribution is 2.17. The van der Waals surface area contributed by atoms with E-state index in [2.05, 4.69) is 6.92 Å². The number of halogens is 1. The fourth-order valence-corrected chi connectivity index (χ4v) is 1.06. The van der Waals surface area contributed by atoms with Crippen molar-refractivity contribution in [1.29, 1.82) is 0 Å². The SMILES string of the molecule is [CH2]C(CO)c1cccc(Cl)c1. The van der Waals surface area contributed by atoms with Crippen molar-refractivity contribution in [3.05, 3.63) is 41.8 Å². The van der Waals surface area contributed by atoms with Gasteiger partial charge in [0.2, 0.25) is 0 Å². The van der Waals surface area contributed by atoms with E-state index in [1.165, 1.54) is 0 Å². The molecule has 0 saturated carbocycles. The molecule has 59 valence electrons. The second-order valence-electron chi connectivity index (χ2n) is 2.43. The third-order valence-electron chi connectivity index (χ3n) is 1.54. The fraction of sp³-hybridized carbons (Fsp3) is 0.222. The lowest BCUT2D eigenvalue weighted by Gasteiger charge is -2.07. The molecule has 1 aromatic rings.